The summed E-state index contributed by atoms with van der Waals surface area (Å²) in [6, 6.07) is 13.7. The van der Waals surface area contributed by atoms with Crippen molar-refractivity contribution in [2.75, 3.05) is 40.0 Å². The minimum absolute atomic E-state index is 0.0692. The second-order valence-corrected chi connectivity index (χ2v) is 6.79. The van der Waals surface area contributed by atoms with E-state index in [1.165, 1.54) is 0 Å². The van der Waals surface area contributed by atoms with Gasteiger partial charge in [-0.2, -0.15) is 5.10 Å². The monoisotopic (exact) mass is 380 g/mol. The molecular weight excluding hydrogens is 356 g/mol. The summed E-state index contributed by atoms with van der Waals surface area (Å²) in [5, 5.41) is 11.0. The minimum atomic E-state index is -0.110. The molecule has 2 aromatic carbocycles. The highest BCUT2D eigenvalue weighted by atomic mass is 16.5. The van der Waals surface area contributed by atoms with Gasteiger partial charge in [0.2, 0.25) is 0 Å². The highest BCUT2D eigenvalue weighted by molar-refractivity contribution is 6.05. The number of fused-ring (bicyclic) bond motifs is 1. The van der Waals surface area contributed by atoms with E-state index < -0.39 is 0 Å². The number of methoxy groups -OCH3 is 1. The molecule has 28 heavy (non-hydrogen) atoms. The lowest BCUT2D eigenvalue weighted by atomic mass is 10.0. The maximum Gasteiger partial charge on any atom is 0.253 e. The van der Waals surface area contributed by atoms with Gasteiger partial charge in [0.05, 0.1) is 43.6 Å². The molecule has 146 valence electrons. The predicted octanol–water partition coefficient (Wildman–Crippen LogP) is 2.37. The molecule has 0 radical (unpaired) electrons. The molecule has 1 amide bonds. The third kappa shape index (κ3) is 3.85. The molecular formula is C21H24N4O3. The molecule has 0 bridgehead atoms. The molecule has 7 nitrogen and oxygen atoms in total. The van der Waals surface area contributed by atoms with Crippen molar-refractivity contribution in [3.05, 3.63) is 59.8 Å². The van der Waals surface area contributed by atoms with Crippen molar-refractivity contribution in [1.29, 1.82) is 0 Å². The number of hydrogen-bond acceptors (Lipinski definition) is 5. The fourth-order valence-electron chi connectivity index (χ4n) is 3.62. The van der Waals surface area contributed by atoms with Crippen LogP contribution < -0.4 is 10.1 Å². The third-order valence-corrected chi connectivity index (χ3v) is 5.16. The van der Waals surface area contributed by atoms with Crippen LogP contribution in [0.2, 0.25) is 0 Å². The van der Waals surface area contributed by atoms with Crippen LogP contribution in [0.4, 0.5) is 0 Å². The first-order chi connectivity index (χ1) is 13.8. The van der Waals surface area contributed by atoms with Gasteiger partial charge in [0.25, 0.3) is 5.91 Å². The zero-order valence-corrected chi connectivity index (χ0v) is 15.9. The van der Waals surface area contributed by atoms with Crippen molar-refractivity contribution < 1.29 is 14.3 Å². The van der Waals surface area contributed by atoms with Gasteiger partial charge in [-0.05, 0) is 23.8 Å². The second kappa shape index (κ2) is 8.41. The van der Waals surface area contributed by atoms with Crippen molar-refractivity contribution in [2.45, 2.75) is 6.04 Å². The molecule has 1 aliphatic rings. The van der Waals surface area contributed by atoms with Gasteiger partial charge in [-0.25, -0.2) is 0 Å². The number of nitrogens with one attached hydrogen (secondary N) is 2. The molecule has 2 heterocycles. The van der Waals surface area contributed by atoms with Crippen LogP contribution in [0.3, 0.4) is 0 Å². The van der Waals surface area contributed by atoms with Crippen LogP contribution in [0.1, 0.15) is 22.0 Å². The first-order valence-electron chi connectivity index (χ1n) is 9.42. The molecule has 0 spiro atoms. The number of aromatic amines is 1. The van der Waals surface area contributed by atoms with Crippen LogP contribution in [-0.4, -0.2) is 61.0 Å². The van der Waals surface area contributed by atoms with E-state index in [9.17, 15) is 4.79 Å². The van der Waals surface area contributed by atoms with Crippen molar-refractivity contribution in [3.8, 4) is 5.75 Å². The summed E-state index contributed by atoms with van der Waals surface area (Å²) in [6.45, 7) is 3.59. The Hall–Kier alpha value is -2.90. The van der Waals surface area contributed by atoms with Crippen molar-refractivity contribution in [2.24, 2.45) is 0 Å². The number of rotatable bonds is 6. The van der Waals surface area contributed by atoms with Crippen LogP contribution in [0.15, 0.2) is 48.7 Å². The van der Waals surface area contributed by atoms with Crippen LogP contribution >= 0.6 is 0 Å². The van der Waals surface area contributed by atoms with Crippen molar-refractivity contribution in [3.63, 3.8) is 0 Å². The summed E-state index contributed by atoms with van der Waals surface area (Å²) < 4.78 is 10.8. The Balaban J connectivity index is 1.53. The summed E-state index contributed by atoms with van der Waals surface area (Å²) in [5.41, 5.74) is 2.50. The van der Waals surface area contributed by atoms with Gasteiger partial charge < -0.3 is 14.8 Å². The van der Waals surface area contributed by atoms with E-state index in [0.29, 0.717) is 25.3 Å². The number of amides is 1. The Bertz CT molecular complexity index is 932. The van der Waals surface area contributed by atoms with Crippen LogP contribution in [0.5, 0.6) is 5.75 Å². The highest BCUT2D eigenvalue weighted by Gasteiger charge is 2.24. The molecule has 1 aliphatic heterocycles. The van der Waals surface area contributed by atoms with E-state index >= 15 is 0 Å². The molecule has 0 saturated carbocycles. The summed E-state index contributed by atoms with van der Waals surface area (Å²) in [4.78, 5) is 15.2. The zero-order valence-electron chi connectivity index (χ0n) is 15.9. The zero-order chi connectivity index (χ0) is 19.3. The van der Waals surface area contributed by atoms with Gasteiger partial charge in [-0.1, -0.05) is 24.3 Å². The van der Waals surface area contributed by atoms with Crippen molar-refractivity contribution >= 4 is 16.8 Å². The number of aromatic nitrogens is 2. The number of morpholine rings is 1. The Kier molecular flexibility index (Phi) is 5.55. The maximum atomic E-state index is 12.9. The van der Waals surface area contributed by atoms with E-state index in [1.807, 2.05) is 30.3 Å². The molecule has 0 aliphatic carbocycles. The molecule has 2 N–H and O–H groups in total. The van der Waals surface area contributed by atoms with Crippen LogP contribution in [0.25, 0.3) is 10.9 Å². The lowest BCUT2D eigenvalue weighted by Gasteiger charge is -2.35. The second-order valence-electron chi connectivity index (χ2n) is 6.79. The van der Waals surface area contributed by atoms with E-state index in [4.69, 9.17) is 9.47 Å². The van der Waals surface area contributed by atoms with Gasteiger partial charge in [-0.3, -0.25) is 14.8 Å². The molecule has 1 unspecified atom stereocenters. The van der Waals surface area contributed by atoms with E-state index in [2.05, 4.69) is 32.5 Å². The first kappa shape index (κ1) is 18.5. The Morgan fingerprint density at radius 2 is 2.04 bits per heavy atom. The number of carbonyl (C=O) groups excluding carboxylic acids is 1. The molecule has 1 aromatic heterocycles. The largest absolute Gasteiger partial charge is 0.497 e. The van der Waals surface area contributed by atoms with Gasteiger partial charge in [0.1, 0.15) is 5.75 Å². The van der Waals surface area contributed by atoms with E-state index in [0.717, 1.165) is 35.3 Å². The first-order valence-corrected chi connectivity index (χ1v) is 9.42. The number of ether oxygens (including phenoxy) is 2. The fraction of sp³-hybridized carbons (Fsp3) is 0.333. The Morgan fingerprint density at radius 1 is 1.25 bits per heavy atom. The van der Waals surface area contributed by atoms with E-state index in [1.54, 1.807) is 13.3 Å². The number of H-pyrrole nitrogens is 1. The van der Waals surface area contributed by atoms with Gasteiger partial charge in [-0.15, -0.1) is 0 Å². The lowest BCUT2D eigenvalue weighted by Crippen LogP contribution is -2.43. The molecule has 4 rings (SSSR count). The average molecular weight is 380 g/mol. The Morgan fingerprint density at radius 3 is 2.79 bits per heavy atom. The number of benzene rings is 2. The van der Waals surface area contributed by atoms with Crippen LogP contribution in [0, 0.1) is 0 Å². The lowest BCUT2D eigenvalue weighted by molar-refractivity contribution is 0.0162. The third-order valence-electron chi connectivity index (χ3n) is 5.16. The normalized spacial score (nSPS) is 16.0. The summed E-state index contributed by atoms with van der Waals surface area (Å²) >= 11 is 0. The van der Waals surface area contributed by atoms with E-state index in [-0.39, 0.29) is 11.9 Å². The van der Waals surface area contributed by atoms with Crippen molar-refractivity contribution in [1.82, 2.24) is 20.4 Å². The minimum Gasteiger partial charge on any atom is -0.497 e. The van der Waals surface area contributed by atoms with Gasteiger partial charge in [0, 0.05) is 25.0 Å². The average Bonchev–Trinajstić information content (AvgIpc) is 3.24. The Labute approximate surface area is 163 Å². The summed E-state index contributed by atoms with van der Waals surface area (Å²) in [7, 11) is 1.66. The molecule has 1 fully saturated rings. The maximum absolute atomic E-state index is 12.9. The smallest absolute Gasteiger partial charge is 0.253 e. The fourth-order valence-corrected chi connectivity index (χ4v) is 3.62. The quantitative estimate of drug-likeness (QED) is 0.686. The van der Waals surface area contributed by atoms with Crippen LogP contribution in [-0.2, 0) is 4.74 Å². The summed E-state index contributed by atoms with van der Waals surface area (Å²) in [5.74, 6) is 0.709. The number of hydrogen-bond donors (Lipinski definition) is 2. The molecule has 1 atom stereocenters. The predicted molar refractivity (Wildman–Crippen MR) is 107 cm³/mol. The van der Waals surface area contributed by atoms with Gasteiger partial charge >= 0.3 is 0 Å². The van der Waals surface area contributed by atoms with Gasteiger partial charge in [0.15, 0.2) is 0 Å². The summed E-state index contributed by atoms with van der Waals surface area (Å²) in [6.07, 6.45) is 1.72. The molecule has 7 heteroatoms. The topological polar surface area (TPSA) is 79.5 Å². The highest BCUT2D eigenvalue weighted by Crippen LogP contribution is 2.24. The number of para-hydroxylation sites is 1. The number of carbonyl (C=O) groups is 1. The number of nitrogens with zero attached hydrogens (tertiary/aromatic N) is 2. The molecule has 1 saturated heterocycles. The molecule has 3 aromatic rings. The standard InChI is InChI=1S/C21H24N4O3/c1-27-17-7-5-15(6-8-17)19(25-9-11-28-12-10-25)14-22-21(26)18-4-2-3-16-13-23-24-20(16)18/h2-8,13,19H,9-12,14H2,1H3,(H,22,26)(H,23,24). The SMILES string of the molecule is COc1ccc(C(CNC(=O)c2cccc3cn[nH]c23)N2CCOCC2)cc1.